The first-order valence-corrected chi connectivity index (χ1v) is 10.1. The molecule has 0 unspecified atom stereocenters. The van der Waals surface area contributed by atoms with Gasteiger partial charge in [0.15, 0.2) is 0 Å². The van der Waals surface area contributed by atoms with Crippen LogP contribution in [0.3, 0.4) is 0 Å². The first-order valence-electron chi connectivity index (χ1n) is 10.1. The summed E-state index contributed by atoms with van der Waals surface area (Å²) in [4.78, 5) is 21.2. The first kappa shape index (κ1) is 19.4. The minimum absolute atomic E-state index is 0.0635. The molecule has 3 heterocycles. The zero-order valence-corrected chi connectivity index (χ0v) is 16.3. The fourth-order valence-electron chi connectivity index (χ4n) is 3.98. The third-order valence-corrected chi connectivity index (χ3v) is 5.58. The highest BCUT2D eigenvalue weighted by molar-refractivity contribution is 5.88. The van der Waals surface area contributed by atoms with E-state index in [1.807, 2.05) is 4.90 Å². The Labute approximate surface area is 169 Å². The molecule has 0 saturated carbocycles. The van der Waals surface area contributed by atoms with Crippen LogP contribution in [0.1, 0.15) is 25.7 Å². The highest BCUT2D eigenvalue weighted by Crippen LogP contribution is 2.26. The van der Waals surface area contributed by atoms with E-state index in [-0.39, 0.29) is 11.7 Å². The number of likely N-dealkylation sites (tertiary alicyclic amines) is 2. The zero-order valence-electron chi connectivity index (χ0n) is 16.3. The van der Waals surface area contributed by atoms with Gasteiger partial charge < -0.3 is 20.3 Å². The van der Waals surface area contributed by atoms with Crippen molar-refractivity contribution >= 4 is 17.5 Å². The Morgan fingerprint density at radius 2 is 1.83 bits per heavy atom. The van der Waals surface area contributed by atoms with Gasteiger partial charge in [0.1, 0.15) is 23.1 Å². The van der Waals surface area contributed by atoms with Crippen molar-refractivity contribution in [3.63, 3.8) is 0 Å². The van der Waals surface area contributed by atoms with Crippen LogP contribution in [0.2, 0.25) is 0 Å². The van der Waals surface area contributed by atoms with Crippen LogP contribution < -0.4 is 15.8 Å². The van der Waals surface area contributed by atoms with E-state index < -0.39 is 5.82 Å². The third-order valence-electron chi connectivity index (χ3n) is 5.58. The normalized spacial score (nSPS) is 18.0. The molecule has 0 atom stereocenters. The Morgan fingerprint density at radius 1 is 1.10 bits per heavy atom. The fraction of sp³-hybridized carbons (Fsp3) is 0.429. The summed E-state index contributed by atoms with van der Waals surface area (Å²) >= 11 is 0. The standard InChI is InChI=1S/C21H26FN5O2/c22-18-13-16(3-4-19(18)23)29-17-5-8-24-20(14-17)25-21(28)27-11-6-15(7-12-27)26-9-1-2-10-26/h3-5,8,13-15H,1-2,6-7,9-12,23H2,(H,24,25,28). The predicted octanol–water partition coefficient (Wildman–Crippen LogP) is 3.69. The van der Waals surface area contributed by atoms with Crippen molar-refractivity contribution in [3.05, 3.63) is 42.3 Å². The van der Waals surface area contributed by atoms with Gasteiger partial charge >= 0.3 is 6.03 Å². The molecule has 29 heavy (non-hydrogen) atoms. The maximum Gasteiger partial charge on any atom is 0.323 e. The van der Waals surface area contributed by atoms with Gasteiger partial charge in [-0.2, -0.15) is 0 Å². The molecule has 3 N–H and O–H groups in total. The van der Waals surface area contributed by atoms with Gasteiger partial charge in [-0.3, -0.25) is 5.32 Å². The van der Waals surface area contributed by atoms with Crippen LogP contribution in [0, 0.1) is 5.82 Å². The number of nitrogen functional groups attached to an aromatic ring is 1. The van der Waals surface area contributed by atoms with Gasteiger partial charge in [0.25, 0.3) is 0 Å². The summed E-state index contributed by atoms with van der Waals surface area (Å²) < 4.78 is 19.2. The number of ether oxygens (including phenoxy) is 1. The van der Waals surface area contributed by atoms with Crippen LogP contribution >= 0.6 is 0 Å². The number of carbonyl (C=O) groups is 1. The Kier molecular flexibility index (Phi) is 5.80. The van der Waals surface area contributed by atoms with Gasteiger partial charge in [-0.25, -0.2) is 14.2 Å². The number of piperidine rings is 1. The number of halogens is 1. The van der Waals surface area contributed by atoms with Gasteiger partial charge in [0.05, 0.1) is 5.69 Å². The van der Waals surface area contributed by atoms with E-state index >= 15 is 0 Å². The van der Waals surface area contributed by atoms with Crippen molar-refractivity contribution in [1.82, 2.24) is 14.8 Å². The van der Waals surface area contributed by atoms with Crippen molar-refractivity contribution in [2.24, 2.45) is 0 Å². The molecule has 2 fully saturated rings. The fourth-order valence-corrected chi connectivity index (χ4v) is 3.98. The van der Waals surface area contributed by atoms with Gasteiger partial charge in [-0.1, -0.05) is 0 Å². The number of nitrogens with one attached hydrogen (secondary N) is 1. The summed E-state index contributed by atoms with van der Waals surface area (Å²) in [6.07, 6.45) is 6.12. The lowest BCUT2D eigenvalue weighted by atomic mass is 10.0. The number of rotatable bonds is 4. The molecule has 7 nitrogen and oxygen atoms in total. The molecule has 2 aliphatic heterocycles. The quantitative estimate of drug-likeness (QED) is 0.766. The molecule has 0 bridgehead atoms. The van der Waals surface area contributed by atoms with E-state index in [0.29, 0.717) is 23.4 Å². The topological polar surface area (TPSA) is 83.7 Å². The number of hydrogen-bond donors (Lipinski definition) is 2. The van der Waals surface area contributed by atoms with E-state index in [1.54, 1.807) is 18.2 Å². The van der Waals surface area contributed by atoms with Crippen LogP contribution in [0.25, 0.3) is 0 Å². The third kappa shape index (κ3) is 4.76. The lowest BCUT2D eigenvalue weighted by Gasteiger charge is -2.36. The van der Waals surface area contributed by atoms with Crippen molar-refractivity contribution in [3.8, 4) is 11.5 Å². The van der Waals surface area contributed by atoms with E-state index in [2.05, 4.69) is 15.2 Å². The van der Waals surface area contributed by atoms with E-state index in [1.165, 1.54) is 44.3 Å². The second-order valence-electron chi connectivity index (χ2n) is 7.55. The predicted molar refractivity (Wildman–Crippen MR) is 110 cm³/mol. The molecule has 2 saturated heterocycles. The number of pyridine rings is 1. The van der Waals surface area contributed by atoms with E-state index in [4.69, 9.17) is 10.5 Å². The minimum atomic E-state index is -0.539. The second-order valence-corrected chi connectivity index (χ2v) is 7.55. The molecule has 154 valence electrons. The molecule has 4 rings (SSSR count). The second kappa shape index (κ2) is 8.65. The monoisotopic (exact) mass is 399 g/mol. The number of nitrogens with two attached hydrogens (primary N) is 1. The van der Waals surface area contributed by atoms with Crippen LogP contribution in [0.4, 0.5) is 20.7 Å². The average molecular weight is 399 g/mol. The summed E-state index contributed by atoms with van der Waals surface area (Å²) in [5.41, 5.74) is 5.54. The van der Waals surface area contributed by atoms with Crippen molar-refractivity contribution < 1.29 is 13.9 Å². The maximum atomic E-state index is 13.6. The molecule has 0 radical (unpaired) electrons. The minimum Gasteiger partial charge on any atom is -0.457 e. The largest absolute Gasteiger partial charge is 0.457 e. The molecule has 2 amide bonds. The van der Waals surface area contributed by atoms with Crippen molar-refractivity contribution in [1.29, 1.82) is 0 Å². The summed E-state index contributed by atoms with van der Waals surface area (Å²) in [5, 5.41) is 2.83. The smallest absolute Gasteiger partial charge is 0.323 e. The summed E-state index contributed by atoms with van der Waals surface area (Å²) in [6.45, 7) is 3.86. The SMILES string of the molecule is Nc1ccc(Oc2ccnc(NC(=O)N3CCC(N4CCCC4)CC3)c2)cc1F. The summed E-state index contributed by atoms with van der Waals surface area (Å²) in [5.74, 6) is 0.629. The first-order chi connectivity index (χ1) is 14.1. The molecule has 0 spiro atoms. The maximum absolute atomic E-state index is 13.6. The number of nitrogens with zero attached hydrogens (tertiary/aromatic N) is 3. The Bertz CT molecular complexity index is 864. The van der Waals surface area contributed by atoms with Crippen molar-refractivity contribution in [2.45, 2.75) is 31.7 Å². The zero-order chi connectivity index (χ0) is 20.2. The van der Waals surface area contributed by atoms with Crippen LogP contribution in [0.15, 0.2) is 36.5 Å². The average Bonchev–Trinajstić information content (AvgIpc) is 3.26. The summed E-state index contributed by atoms with van der Waals surface area (Å²) in [7, 11) is 0. The summed E-state index contributed by atoms with van der Waals surface area (Å²) in [6, 6.07) is 7.94. The highest BCUT2D eigenvalue weighted by Gasteiger charge is 2.28. The number of amides is 2. The molecule has 2 aliphatic rings. The number of hydrogen-bond acceptors (Lipinski definition) is 5. The van der Waals surface area contributed by atoms with E-state index in [9.17, 15) is 9.18 Å². The lowest BCUT2D eigenvalue weighted by Crippen LogP contribution is -2.47. The highest BCUT2D eigenvalue weighted by atomic mass is 19.1. The number of carbonyl (C=O) groups excluding carboxylic acids is 1. The molecular formula is C21H26FN5O2. The van der Waals surface area contributed by atoms with Crippen LogP contribution in [-0.4, -0.2) is 53.0 Å². The molecular weight excluding hydrogens is 373 g/mol. The Hall–Kier alpha value is -2.87. The van der Waals surface area contributed by atoms with Crippen LogP contribution in [0.5, 0.6) is 11.5 Å². The number of aromatic nitrogens is 1. The van der Waals surface area contributed by atoms with Gasteiger partial charge in [-0.05, 0) is 57.0 Å². The number of urea groups is 1. The van der Waals surface area contributed by atoms with Crippen molar-refractivity contribution in [2.75, 3.05) is 37.2 Å². The van der Waals surface area contributed by atoms with Gasteiger partial charge in [-0.15, -0.1) is 0 Å². The molecule has 1 aromatic carbocycles. The van der Waals surface area contributed by atoms with Gasteiger partial charge in [0.2, 0.25) is 0 Å². The van der Waals surface area contributed by atoms with Crippen LogP contribution in [-0.2, 0) is 0 Å². The molecule has 1 aromatic heterocycles. The molecule has 2 aromatic rings. The molecule has 8 heteroatoms. The van der Waals surface area contributed by atoms with Gasteiger partial charge in [0, 0.05) is 37.5 Å². The Balaban J connectivity index is 1.33. The number of benzene rings is 1. The van der Waals surface area contributed by atoms with E-state index in [0.717, 1.165) is 25.9 Å². The lowest BCUT2D eigenvalue weighted by molar-refractivity contribution is 0.140. The molecule has 0 aliphatic carbocycles. The Morgan fingerprint density at radius 3 is 2.55 bits per heavy atom. The number of anilines is 2.